The van der Waals surface area contributed by atoms with Gasteiger partial charge in [0.25, 0.3) is 0 Å². The Morgan fingerprint density at radius 1 is 1.11 bits per heavy atom. The maximum absolute atomic E-state index is 3.75. The fraction of sp³-hybridized carbons (Fsp3) is 0.444. The van der Waals surface area contributed by atoms with Crippen molar-refractivity contribution in [3.05, 3.63) is 48.0 Å². The highest BCUT2D eigenvalue weighted by molar-refractivity contribution is 5.85. The predicted molar refractivity (Wildman–Crippen MR) is 82.2 cm³/mol. The van der Waals surface area contributed by atoms with E-state index in [1.54, 1.807) is 0 Å². The molecular formula is C18H23N. The summed E-state index contributed by atoms with van der Waals surface area (Å²) in [4.78, 5) is 0. The monoisotopic (exact) mass is 253 g/mol. The van der Waals surface area contributed by atoms with Crippen molar-refractivity contribution in [2.75, 3.05) is 0 Å². The van der Waals surface area contributed by atoms with Crippen LogP contribution in [0.5, 0.6) is 0 Å². The van der Waals surface area contributed by atoms with E-state index in [-0.39, 0.29) is 0 Å². The van der Waals surface area contributed by atoms with Crippen LogP contribution in [0.4, 0.5) is 0 Å². The van der Waals surface area contributed by atoms with Crippen molar-refractivity contribution < 1.29 is 0 Å². The van der Waals surface area contributed by atoms with Gasteiger partial charge in [-0.15, -0.1) is 0 Å². The Kier molecular flexibility index (Phi) is 3.84. The molecule has 0 aliphatic heterocycles. The zero-order valence-corrected chi connectivity index (χ0v) is 11.7. The molecule has 1 aliphatic carbocycles. The minimum atomic E-state index is 0.687. The van der Waals surface area contributed by atoms with Crippen LogP contribution >= 0.6 is 0 Å². The fourth-order valence-electron chi connectivity index (χ4n) is 2.85. The minimum Gasteiger partial charge on any atom is -0.310 e. The van der Waals surface area contributed by atoms with E-state index in [2.05, 4.69) is 54.7 Å². The Morgan fingerprint density at radius 2 is 1.89 bits per heavy atom. The molecule has 0 amide bonds. The molecule has 0 spiro atoms. The molecule has 1 saturated carbocycles. The Hall–Kier alpha value is -1.34. The van der Waals surface area contributed by atoms with Crippen molar-refractivity contribution in [2.45, 2.75) is 45.2 Å². The quantitative estimate of drug-likeness (QED) is 0.798. The van der Waals surface area contributed by atoms with Gasteiger partial charge in [-0.05, 0) is 35.1 Å². The highest BCUT2D eigenvalue weighted by atomic mass is 14.9. The SMILES string of the molecule is CCC(CC1CC1)NCc1cccc2ccccc12. The maximum Gasteiger partial charge on any atom is 0.0214 e. The molecule has 1 N–H and O–H groups in total. The molecule has 1 nitrogen and oxygen atoms in total. The van der Waals surface area contributed by atoms with Gasteiger partial charge in [0.2, 0.25) is 0 Å². The summed E-state index contributed by atoms with van der Waals surface area (Å²) < 4.78 is 0. The van der Waals surface area contributed by atoms with Crippen molar-refractivity contribution >= 4 is 10.8 Å². The molecule has 1 fully saturated rings. The third kappa shape index (κ3) is 3.16. The second-order valence-electron chi connectivity index (χ2n) is 5.80. The standard InChI is InChI=1S/C18H23N/c1-2-17(12-14-10-11-14)19-13-16-8-5-7-15-6-3-4-9-18(15)16/h3-9,14,17,19H,2,10-13H2,1H3. The van der Waals surface area contributed by atoms with Crippen molar-refractivity contribution in [2.24, 2.45) is 5.92 Å². The molecule has 0 bridgehead atoms. The van der Waals surface area contributed by atoms with E-state index in [9.17, 15) is 0 Å². The average molecular weight is 253 g/mol. The number of fused-ring (bicyclic) bond motifs is 1. The Balaban J connectivity index is 1.70. The van der Waals surface area contributed by atoms with Crippen LogP contribution in [0.3, 0.4) is 0 Å². The summed E-state index contributed by atoms with van der Waals surface area (Å²) >= 11 is 0. The summed E-state index contributed by atoms with van der Waals surface area (Å²) in [6, 6.07) is 16.0. The Morgan fingerprint density at radius 3 is 2.68 bits per heavy atom. The van der Waals surface area contributed by atoms with E-state index in [4.69, 9.17) is 0 Å². The topological polar surface area (TPSA) is 12.0 Å². The molecule has 2 aromatic carbocycles. The third-order valence-corrected chi connectivity index (χ3v) is 4.27. The van der Waals surface area contributed by atoms with E-state index in [1.807, 2.05) is 0 Å². The van der Waals surface area contributed by atoms with Crippen LogP contribution < -0.4 is 5.32 Å². The van der Waals surface area contributed by atoms with Gasteiger partial charge in [-0.3, -0.25) is 0 Å². The van der Waals surface area contributed by atoms with Gasteiger partial charge in [0.1, 0.15) is 0 Å². The molecule has 100 valence electrons. The smallest absolute Gasteiger partial charge is 0.0214 e. The number of benzene rings is 2. The van der Waals surface area contributed by atoms with Crippen LogP contribution in [0.2, 0.25) is 0 Å². The molecule has 0 heterocycles. The van der Waals surface area contributed by atoms with E-state index in [0.29, 0.717) is 6.04 Å². The lowest BCUT2D eigenvalue weighted by Gasteiger charge is -2.17. The van der Waals surface area contributed by atoms with Gasteiger partial charge in [0.05, 0.1) is 0 Å². The lowest BCUT2D eigenvalue weighted by molar-refractivity contribution is 0.445. The minimum absolute atomic E-state index is 0.687. The van der Waals surface area contributed by atoms with Crippen molar-refractivity contribution in [1.82, 2.24) is 5.32 Å². The predicted octanol–water partition coefficient (Wildman–Crippen LogP) is 4.51. The van der Waals surface area contributed by atoms with Gasteiger partial charge in [-0.2, -0.15) is 0 Å². The van der Waals surface area contributed by atoms with Crippen LogP contribution in [-0.4, -0.2) is 6.04 Å². The van der Waals surface area contributed by atoms with Gasteiger partial charge in [0, 0.05) is 12.6 Å². The van der Waals surface area contributed by atoms with Gasteiger partial charge in [-0.1, -0.05) is 62.2 Å². The molecule has 0 saturated heterocycles. The third-order valence-electron chi connectivity index (χ3n) is 4.27. The molecule has 1 aliphatic rings. The summed E-state index contributed by atoms with van der Waals surface area (Å²) in [7, 11) is 0. The summed E-state index contributed by atoms with van der Waals surface area (Å²) in [6.07, 6.45) is 5.50. The van der Waals surface area contributed by atoms with Gasteiger partial charge >= 0.3 is 0 Å². The molecule has 1 heteroatoms. The highest BCUT2D eigenvalue weighted by Gasteiger charge is 2.24. The van der Waals surface area contributed by atoms with Crippen molar-refractivity contribution in [3.63, 3.8) is 0 Å². The molecule has 1 atom stereocenters. The summed E-state index contributed by atoms with van der Waals surface area (Å²) in [5.41, 5.74) is 1.42. The molecule has 19 heavy (non-hydrogen) atoms. The van der Waals surface area contributed by atoms with Crippen molar-refractivity contribution in [3.8, 4) is 0 Å². The first-order valence-electron chi connectivity index (χ1n) is 7.57. The Bertz CT molecular complexity index is 537. The van der Waals surface area contributed by atoms with Gasteiger partial charge in [0.15, 0.2) is 0 Å². The number of hydrogen-bond donors (Lipinski definition) is 1. The van der Waals surface area contributed by atoms with Gasteiger partial charge < -0.3 is 5.32 Å². The average Bonchev–Trinajstić information content (AvgIpc) is 3.27. The molecule has 0 aromatic heterocycles. The second-order valence-corrected chi connectivity index (χ2v) is 5.80. The summed E-state index contributed by atoms with van der Waals surface area (Å²) in [5, 5.41) is 6.48. The molecule has 0 radical (unpaired) electrons. The molecule has 3 rings (SSSR count). The fourth-order valence-corrected chi connectivity index (χ4v) is 2.85. The van der Waals surface area contributed by atoms with Crippen LogP contribution in [0.25, 0.3) is 10.8 Å². The molecular weight excluding hydrogens is 230 g/mol. The van der Waals surface area contributed by atoms with Crippen LogP contribution in [-0.2, 0) is 6.54 Å². The first-order chi connectivity index (χ1) is 9.36. The number of rotatable bonds is 6. The van der Waals surface area contributed by atoms with E-state index in [0.717, 1.165) is 12.5 Å². The second kappa shape index (κ2) is 5.75. The normalized spacial score (nSPS) is 16.7. The number of nitrogens with one attached hydrogen (secondary N) is 1. The molecule has 2 aromatic rings. The largest absolute Gasteiger partial charge is 0.310 e. The maximum atomic E-state index is 3.75. The van der Waals surface area contributed by atoms with Crippen LogP contribution in [0.15, 0.2) is 42.5 Å². The van der Waals surface area contributed by atoms with E-state index < -0.39 is 0 Å². The molecule has 1 unspecified atom stereocenters. The van der Waals surface area contributed by atoms with Gasteiger partial charge in [-0.25, -0.2) is 0 Å². The van der Waals surface area contributed by atoms with E-state index >= 15 is 0 Å². The first-order valence-corrected chi connectivity index (χ1v) is 7.57. The van der Waals surface area contributed by atoms with Crippen LogP contribution in [0.1, 0.15) is 38.2 Å². The zero-order valence-electron chi connectivity index (χ0n) is 11.7. The summed E-state index contributed by atoms with van der Waals surface area (Å²) in [6.45, 7) is 3.29. The van der Waals surface area contributed by atoms with Crippen LogP contribution in [0, 0.1) is 5.92 Å². The lowest BCUT2D eigenvalue weighted by Crippen LogP contribution is -2.28. The number of hydrogen-bond acceptors (Lipinski definition) is 1. The Labute approximate surface area is 116 Å². The van der Waals surface area contributed by atoms with Crippen molar-refractivity contribution in [1.29, 1.82) is 0 Å². The summed E-state index contributed by atoms with van der Waals surface area (Å²) in [5.74, 6) is 1.00. The zero-order chi connectivity index (χ0) is 13.1. The lowest BCUT2D eigenvalue weighted by atomic mass is 10.0. The highest BCUT2D eigenvalue weighted by Crippen LogP contribution is 2.34. The first kappa shape index (κ1) is 12.7. The van der Waals surface area contributed by atoms with E-state index in [1.165, 1.54) is 42.0 Å².